The maximum atomic E-state index is 15.5. The van der Waals surface area contributed by atoms with Gasteiger partial charge in [-0.25, -0.2) is 18.6 Å². The molecule has 0 unspecified atom stereocenters. The van der Waals surface area contributed by atoms with Gasteiger partial charge in [0.2, 0.25) is 0 Å². The number of likely N-dealkylation sites (N-methyl/N-ethyl adjacent to an activating group) is 1. The van der Waals surface area contributed by atoms with Crippen molar-refractivity contribution in [3.8, 4) is 11.4 Å². The molecular formula is C34H37Cl2F2N4O3S+. The summed E-state index contributed by atoms with van der Waals surface area (Å²) in [7, 11) is 3.52. The van der Waals surface area contributed by atoms with Crippen LogP contribution in [0.4, 0.5) is 14.5 Å². The first kappa shape index (κ1) is 34.0. The summed E-state index contributed by atoms with van der Waals surface area (Å²) in [6.07, 6.45) is 3.32. The molecule has 1 aliphatic heterocycles. The number of methoxy groups -OCH3 is 1. The van der Waals surface area contributed by atoms with E-state index in [4.69, 9.17) is 32.9 Å². The van der Waals surface area contributed by atoms with Crippen molar-refractivity contribution in [3.05, 3.63) is 99.3 Å². The van der Waals surface area contributed by atoms with Gasteiger partial charge in [-0.05, 0) is 54.1 Å². The van der Waals surface area contributed by atoms with Gasteiger partial charge in [0.05, 0.1) is 44.2 Å². The lowest BCUT2D eigenvalue weighted by atomic mass is 9.81. The van der Waals surface area contributed by atoms with Crippen LogP contribution in [0.25, 0.3) is 5.69 Å². The van der Waals surface area contributed by atoms with Crippen LogP contribution in [0.5, 0.6) is 5.75 Å². The molecule has 2 heterocycles. The molecular weight excluding hydrogens is 653 g/mol. The Bertz CT molecular complexity index is 1700. The zero-order chi connectivity index (χ0) is 33.2. The predicted molar refractivity (Wildman–Crippen MR) is 180 cm³/mol. The molecule has 0 spiro atoms. The average Bonchev–Trinajstić information content (AvgIpc) is 3.43. The molecule has 5 rings (SSSR count). The van der Waals surface area contributed by atoms with Gasteiger partial charge in [-0.3, -0.25) is 4.57 Å². The van der Waals surface area contributed by atoms with Gasteiger partial charge in [-0.1, -0.05) is 54.9 Å². The molecule has 244 valence electrons. The van der Waals surface area contributed by atoms with E-state index in [1.807, 2.05) is 23.7 Å². The van der Waals surface area contributed by atoms with Crippen LogP contribution in [0.1, 0.15) is 43.5 Å². The summed E-state index contributed by atoms with van der Waals surface area (Å²) < 4.78 is 37.3. The third-order valence-corrected chi connectivity index (χ3v) is 10.4. The van der Waals surface area contributed by atoms with Crippen molar-refractivity contribution in [2.75, 3.05) is 39.1 Å². The summed E-state index contributed by atoms with van der Waals surface area (Å²) >= 11 is 14.3. The lowest BCUT2D eigenvalue weighted by Gasteiger charge is -2.39. The Morgan fingerprint density at radius 2 is 1.80 bits per heavy atom. The van der Waals surface area contributed by atoms with Crippen molar-refractivity contribution >= 4 is 46.6 Å². The highest BCUT2D eigenvalue weighted by Gasteiger charge is 2.33. The monoisotopic (exact) mass is 689 g/mol. The Kier molecular flexibility index (Phi) is 10.2. The first-order valence-electron chi connectivity index (χ1n) is 14.9. The largest absolute Gasteiger partial charge is 0.495 e. The highest BCUT2D eigenvalue weighted by molar-refractivity contribution is 7.98. The van der Waals surface area contributed by atoms with Gasteiger partial charge in [0.1, 0.15) is 17.4 Å². The van der Waals surface area contributed by atoms with E-state index in [9.17, 15) is 14.3 Å². The molecule has 1 aliphatic rings. The maximum Gasteiger partial charge on any atom is 0.359 e. The number of nitrogens with zero attached hydrogens (tertiary/aromatic N) is 3. The minimum absolute atomic E-state index is 0.0911. The molecule has 0 atom stereocenters. The van der Waals surface area contributed by atoms with Crippen molar-refractivity contribution in [2.45, 2.75) is 49.1 Å². The van der Waals surface area contributed by atoms with E-state index >= 15 is 4.39 Å². The second-order valence-electron chi connectivity index (χ2n) is 12.5. The Hall–Kier alpha value is -3.31. The number of ether oxygens (including phenoxy) is 1. The molecule has 0 amide bonds. The van der Waals surface area contributed by atoms with Crippen LogP contribution in [0.3, 0.4) is 0 Å². The number of halogens is 4. The van der Waals surface area contributed by atoms with Crippen LogP contribution < -0.4 is 10.1 Å². The van der Waals surface area contributed by atoms with E-state index in [1.165, 1.54) is 30.0 Å². The Morgan fingerprint density at radius 3 is 2.43 bits per heavy atom. The molecule has 46 heavy (non-hydrogen) atoms. The van der Waals surface area contributed by atoms with E-state index in [1.54, 1.807) is 37.6 Å². The number of thioether (sulfide) groups is 1. The minimum Gasteiger partial charge on any atom is -0.495 e. The van der Waals surface area contributed by atoms with Crippen LogP contribution in [-0.4, -0.2) is 64.9 Å². The molecule has 0 bridgehead atoms. The van der Waals surface area contributed by atoms with Gasteiger partial charge in [-0.15, -0.1) is 0 Å². The molecule has 0 radical (unpaired) electrons. The lowest BCUT2D eigenvalue weighted by molar-refractivity contribution is -0.907. The molecule has 1 aromatic heterocycles. The van der Waals surface area contributed by atoms with Crippen molar-refractivity contribution in [1.29, 1.82) is 0 Å². The number of carboxylic acid groups (broad SMARTS) is 1. The van der Waals surface area contributed by atoms with E-state index in [0.29, 0.717) is 42.4 Å². The van der Waals surface area contributed by atoms with Crippen LogP contribution >= 0.6 is 35.0 Å². The number of hydrogen-bond donors (Lipinski definition) is 2. The summed E-state index contributed by atoms with van der Waals surface area (Å²) in [5, 5.41) is 14.0. The number of carboxylic acids is 1. The van der Waals surface area contributed by atoms with Crippen molar-refractivity contribution < 1.29 is 27.9 Å². The van der Waals surface area contributed by atoms with E-state index in [2.05, 4.69) is 19.2 Å². The molecule has 7 nitrogen and oxygen atoms in total. The summed E-state index contributed by atoms with van der Waals surface area (Å²) in [5.74, 6) is -0.828. The van der Waals surface area contributed by atoms with Gasteiger partial charge >= 0.3 is 5.97 Å². The van der Waals surface area contributed by atoms with Crippen LogP contribution in [0, 0.1) is 11.6 Å². The van der Waals surface area contributed by atoms with E-state index in [0.717, 1.165) is 37.2 Å². The highest BCUT2D eigenvalue weighted by atomic mass is 35.5. The second kappa shape index (κ2) is 13.8. The molecule has 0 aliphatic carbocycles. The number of carbonyl (C=O) groups is 1. The molecule has 3 aromatic carbocycles. The van der Waals surface area contributed by atoms with Crippen LogP contribution in [0.2, 0.25) is 10.0 Å². The van der Waals surface area contributed by atoms with Crippen LogP contribution in [-0.2, 0) is 16.0 Å². The fraction of sp³-hybridized carbons (Fsp3) is 0.353. The zero-order valence-electron chi connectivity index (χ0n) is 26.1. The number of likely N-dealkylation sites (tertiary alicyclic amines) is 1. The number of aliphatic carboxylic acids is 1. The third kappa shape index (κ3) is 7.46. The molecule has 0 saturated carbocycles. The minimum atomic E-state index is -0.807. The number of rotatable bonds is 11. The number of imidazole rings is 1. The molecule has 1 fully saturated rings. The Labute approximate surface area is 282 Å². The average molecular weight is 691 g/mol. The first-order valence-corrected chi connectivity index (χ1v) is 16.6. The van der Waals surface area contributed by atoms with Gasteiger partial charge in [0, 0.05) is 52.0 Å². The maximum absolute atomic E-state index is 15.5. The third-order valence-electron chi connectivity index (χ3n) is 8.74. The van der Waals surface area contributed by atoms with Gasteiger partial charge < -0.3 is 19.6 Å². The normalized spacial score (nSPS) is 18.4. The smallest absolute Gasteiger partial charge is 0.359 e. The topological polar surface area (TPSA) is 76.4 Å². The lowest BCUT2D eigenvalue weighted by Crippen LogP contribution is -2.54. The number of benzene rings is 3. The Morgan fingerprint density at radius 1 is 1.11 bits per heavy atom. The van der Waals surface area contributed by atoms with Crippen molar-refractivity contribution in [3.63, 3.8) is 0 Å². The standard InChI is InChI=1S/C34H36Cl2F2N4O3S/c1-34(2,21-5-10-27(35)30(15-21)45-4)31-18-39-33(41(31)25-8-6-22(37)7-9-25)46-20-26-28(36)16-24(17-29(26)38)40-23-11-13-42(3,14-12-23)19-32(43)44/h5-10,15-18,23,40H,11-14,19-20H2,1-4H3/p+1. The van der Waals surface area contributed by atoms with E-state index in [-0.39, 0.29) is 24.2 Å². The van der Waals surface area contributed by atoms with Crippen LogP contribution in [0.15, 0.2) is 66.0 Å². The van der Waals surface area contributed by atoms with Gasteiger partial charge in [-0.2, -0.15) is 0 Å². The SMILES string of the molecule is COc1cc(C(C)(C)c2cnc(SCc3c(F)cc(NC4CC[N+](C)(CC(=O)O)CC4)cc3Cl)n2-c2ccc(F)cc2)ccc1Cl. The number of quaternary nitrogens is 1. The molecule has 12 heteroatoms. The van der Waals surface area contributed by atoms with Crippen molar-refractivity contribution in [2.24, 2.45) is 0 Å². The summed E-state index contributed by atoms with van der Waals surface area (Å²) in [6, 6.07) is 15.1. The molecule has 4 aromatic rings. The summed E-state index contributed by atoms with van der Waals surface area (Å²) in [4.78, 5) is 15.9. The highest BCUT2D eigenvalue weighted by Crippen LogP contribution is 2.40. The molecule has 1 saturated heterocycles. The fourth-order valence-electron chi connectivity index (χ4n) is 5.93. The Balaban J connectivity index is 1.38. The summed E-state index contributed by atoms with van der Waals surface area (Å²) in [6.45, 7) is 5.65. The number of piperidine rings is 1. The first-order chi connectivity index (χ1) is 21.8. The van der Waals surface area contributed by atoms with Gasteiger partial charge in [0.15, 0.2) is 11.7 Å². The molecule has 2 N–H and O–H groups in total. The quantitative estimate of drug-likeness (QED) is 0.122. The number of aromatic nitrogens is 2. The summed E-state index contributed by atoms with van der Waals surface area (Å²) in [5.41, 5.74) is 2.85. The number of hydrogen-bond acceptors (Lipinski definition) is 5. The van der Waals surface area contributed by atoms with E-state index < -0.39 is 17.2 Å². The zero-order valence-corrected chi connectivity index (χ0v) is 28.4. The second-order valence-corrected chi connectivity index (χ2v) is 14.2. The number of nitrogens with one attached hydrogen (secondary N) is 1. The predicted octanol–water partition coefficient (Wildman–Crippen LogP) is 8.19. The van der Waals surface area contributed by atoms with Gasteiger partial charge in [0.25, 0.3) is 0 Å². The fourth-order valence-corrected chi connectivity index (χ4v) is 7.51. The number of anilines is 1. The van der Waals surface area contributed by atoms with Crippen molar-refractivity contribution in [1.82, 2.24) is 9.55 Å².